The molecule has 0 bridgehead atoms. The monoisotopic (exact) mass is 547 g/mol. The summed E-state index contributed by atoms with van der Waals surface area (Å²) in [4.78, 5) is 11.0. The molecule has 4 heterocycles. The number of anilines is 1. The Morgan fingerprint density at radius 2 is 1.84 bits per heavy atom. The van der Waals surface area contributed by atoms with E-state index in [9.17, 15) is 0 Å². The van der Waals surface area contributed by atoms with Crippen LogP contribution in [0.25, 0.3) is 0 Å². The molecule has 0 aliphatic carbocycles. The van der Waals surface area contributed by atoms with Crippen LogP contribution in [-0.4, -0.2) is 40.0 Å². The lowest BCUT2D eigenvalue weighted by atomic mass is 9.96. The van der Waals surface area contributed by atoms with Crippen molar-refractivity contribution in [2.45, 2.75) is 32.5 Å². The fraction of sp³-hybridized carbons (Fsp3) is 0.276. The molecule has 1 aliphatic rings. The molecule has 1 fully saturated rings. The van der Waals surface area contributed by atoms with Gasteiger partial charge in [0.15, 0.2) is 5.11 Å². The molecule has 4 aromatic rings. The van der Waals surface area contributed by atoms with Gasteiger partial charge in [0.2, 0.25) is 0 Å². The number of hydrogen-bond acceptors (Lipinski definition) is 5. The smallest absolute Gasteiger partial charge is 0.174 e. The van der Waals surface area contributed by atoms with Crippen molar-refractivity contribution >= 4 is 34.6 Å². The Kier molecular flexibility index (Phi) is 7.93. The predicted molar refractivity (Wildman–Crippen MR) is 154 cm³/mol. The molecule has 1 saturated heterocycles. The third-order valence-electron chi connectivity index (χ3n) is 6.86. The van der Waals surface area contributed by atoms with E-state index in [0.29, 0.717) is 29.1 Å². The van der Waals surface area contributed by atoms with Crippen molar-refractivity contribution in [1.82, 2.24) is 19.9 Å². The Balaban J connectivity index is 1.56. The van der Waals surface area contributed by atoms with E-state index in [-0.39, 0.29) is 12.1 Å². The van der Waals surface area contributed by atoms with Crippen LogP contribution in [0.2, 0.25) is 5.02 Å². The number of rotatable bonds is 9. The van der Waals surface area contributed by atoms with Crippen LogP contribution in [0.15, 0.2) is 73.2 Å². The maximum Gasteiger partial charge on any atom is 0.174 e. The van der Waals surface area contributed by atoms with E-state index in [2.05, 4.69) is 44.7 Å². The third kappa shape index (κ3) is 5.25. The molecule has 1 N–H and O–H groups in total. The summed E-state index contributed by atoms with van der Waals surface area (Å²) in [5.41, 5.74) is 6.53. The zero-order chi connectivity index (χ0) is 26.6. The second-order valence-corrected chi connectivity index (χ2v) is 10.0. The summed E-state index contributed by atoms with van der Waals surface area (Å²) < 4.78 is 13.2. The number of pyridine rings is 2. The molecule has 2 atom stereocenters. The van der Waals surface area contributed by atoms with Gasteiger partial charge in [0.25, 0.3) is 0 Å². The molecule has 1 aromatic carbocycles. The maximum absolute atomic E-state index is 6.65. The molecule has 196 valence electrons. The Labute approximate surface area is 233 Å². The van der Waals surface area contributed by atoms with Gasteiger partial charge in [-0.3, -0.25) is 9.97 Å². The van der Waals surface area contributed by atoms with Crippen LogP contribution in [0.4, 0.5) is 5.69 Å². The van der Waals surface area contributed by atoms with Crippen LogP contribution in [0.3, 0.4) is 0 Å². The highest BCUT2D eigenvalue weighted by Crippen LogP contribution is 2.44. The van der Waals surface area contributed by atoms with Crippen LogP contribution < -0.4 is 15.0 Å². The van der Waals surface area contributed by atoms with Crippen molar-refractivity contribution in [3.05, 3.63) is 106 Å². The molecule has 0 saturated carbocycles. The van der Waals surface area contributed by atoms with E-state index >= 15 is 0 Å². The predicted octanol–water partition coefficient (Wildman–Crippen LogP) is 5.80. The third-order valence-corrected chi connectivity index (χ3v) is 7.47. The van der Waals surface area contributed by atoms with Crippen molar-refractivity contribution in [3.8, 4) is 5.75 Å². The number of benzene rings is 1. The fourth-order valence-corrected chi connectivity index (χ4v) is 5.56. The largest absolute Gasteiger partial charge is 0.490 e. The molecule has 38 heavy (non-hydrogen) atoms. The van der Waals surface area contributed by atoms with Crippen LogP contribution in [0.5, 0.6) is 5.75 Å². The molecule has 0 unspecified atom stereocenters. The van der Waals surface area contributed by atoms with Crippen molar-refractivity contribution in [1.29, 1.82) is 0 Å². The number of halogens is 1. The van der Waals surface area contributed by atoms with Gasteiger partial charge in [0.05, 0.1) is 29.4 Å². The van der Waals surface area contributed by atoms with Crippen molar-refractivity contribution in [3.63, 3.8) is 0 Å². The lowest BCUT2D eigenvalue weighted by Crippen LogP contribution is -2.29. The van der Waals surface area contributed by atoms with Crippen molar-refractivity contribution < 1.29 is 9.47 Å². The zero-order valence-corrected chi connectivity index (χ0v) is 23.2. The molecule has 0 amide bonds. The number of nitrogens with zero attached hydrogens (tertiary/aromatic N) is 4. The number of aromatic nitrogens is 3. The van der Waals surface area contributed by atoms with Gasteiger partial charge in [0.1, 0.15) is 12.4 Å². The Morgan fingerprint density at radius 1 is 1.03 bits per heavy atom. The topological polar surface area (TPSA) is 64.4 Å². The first kappa shape index (κ1) is 26.2. The van der Waals surface area contributed by atoms with Gasteiger partial charge in [-0.25, -0.2) is 0 Å². The number of ether oxygens (including phenoxy) is 2. The normalized spacial score (nSPS) is 17.1. The lowest BCUT2D eigenvalue weighted by Gasteiger charge is -2.28. The first-order chi connectivity index (χ1) is 18.5. The quantitative estimate of drug-likeness (QED) is 0.210. The fourth-order valence-electron chi connectivity index (χ4n) is 4.98. The molecule has 9 heteroatoms. The minimum atomic E-state index is -0.144. The van der Waals surface area contributed by atoms with Gasteiger partial charge < -0.3 is 24.3 Å². The average molecular weight is 548 g/mol. The number of thiocarbonyl (C=S) groups is 1. The second kappa shape index (κ2) is 11.5. The standard InChI is InChI=1S/C29H30ClN5O2S/c1-19-16-23(20(2)34(19)18-21-9-12-31-13-10-21)28-27(25-6-4-5-11-32-25)33-29(38)35(28)22-7-8-26(24(30)17-22)37-15-14-36-3/h4-13,16-17,27-28H,14-15,18H2,1-3H3,(H,33,38)/t27-,28+/m1/s1. The minimum absolute atomic E-state index is 0.133. The number of aryl methyl sites for hydroxylation is 1. The van der Waals surface area contributed by atoms with Crippen LogP contribution in [0, 0.1) is 13.8 Å². The average Bonchev–Trinajstić information content (AvgIpc) is 3.41. The maximum atomic E-state index is 6.65. The number of hydrogen-bond donors (Lipinski definition) is 1. The van der Waals surface area contributed by atoms with E-state index in [1.165, 1.54) is 22.5 Å². The minimum Gasteiger partial charge on any atom is -0.490 e. The van der Waals surface area contributed by atoms with Crippen molar-refractivity contribution in [2.24, 2.45) is 0 Å². The highest BCUT2D eigenvalue weighted by Gasteiger charge is 2.42. The van der Waals surface area contributed by atoms with E-state index in [0.717, 1.165) is 17.9 Å². The molecule has 0 spiro atoms. The first-order valence-electron chi connectivity index (χ1n) is 12.5. The molecule has 3 aromatic heterocycles. The van der Waals surface area contributed by atoms with Gasteiger partial charge in [-0.15, -0.1) is 0 Å². The summed E-state index contributed by atoms with van der Waals surface area (Å²) in [5.74, 6) is 0.610. The summed E-state index contributed by atoms with van der Waals surface area (Å²) in [7, 11) is 1.64. The highest BCUT2D eigenvalue weighted by atomic mass is 35.5. The van der Waals surface area contributed by atoms with E-state index in [4.69, 9.17) is 33.3 Å². The highest BCUT2D eigenvalue weighted by molar-refractivity contribution is 7.80. The van der Waals surface area contributed by atoms with Gasteiger partial charge >= 0.3 is 0 Å². The Bertz CT molecular complexity index is 1410. The van der Waals surface area contributed by atoms with Crippen LogP contribution in [0.1, 0.15) is 40.3 Å². The van der Waals surface area contributed by atoms with E-state index in [1.54, 1.807) is 7.11 Å². The lowest BCUT2D eigenvalue weighted by molar-refractivity contribution is 0.146. The van der Waals surface area contributed by atoms with Gasteiger partial charge in [-0.2, -0.15) is 0 Å². The summed E-state index contributed by atoms with van der Waals surface area (Å²) >= 11 is 12.6. The van der Waals surface area contributed by atoms with E-state index < -0.39 is 0 Å². The summed E-state index contributed by atoms with van der Waals surface area (Å²) in [5, 5.41) is 4.67. The summed E-state index contributed by atoms with van der Waals surface area (Å²) in [6.07, 6.45) is 5.47. The Morgan fingerprint density at radius 3 is 2.55 bits per heavy atom. The zero-order valence-electron chi connectivity index (χ0n) is 21.6. The Hall–Kier alpha value is -3.46. The van der Waals surface area contributed by atoms with Gasteiger partial charge in [0, 0.05) is 49.3 Å². The van der Waals surface area contributed by atoms with E-state index in [1.807, 2.05) is 67.1 Å². The molecular weight excluding hydrogens is 518 g/mol. The second-order valence-electron chi connectivity index (χ2n) is 9.22. The SMILES string of the molecule is COCCOc1ccc(N2C(=S)N[C@H](c3ccccn3)[C@@H]2c2cc(C)n(Cc3ccncc3)c2C)cc1Cl. The molecule has 0 radical (unpaired) electrons. The first-order valence-corrected chi connectivity index (χ1v) is 13.2. The number of methoxy groups -OCH3 is 1. The summed E-state index contributed by atoms with van der Waals surface area (Å²) in [6, 6.07) is 17.8. The van der Waals surface area contributed by atoms with Crippen LogP contribution in [-0.2, 0) is 11.3 Å². The molecule has 5 rings (SSSR count). The number of nitrogens with one attached hydrogen (secondary N) is 1. The van der Waals surface area contributed by atoms with Crippen LogP contribution >= 0.6 is 23.8 Å². The molecule has 7 nitrogen and oxygen atoms in total. The summed E-state index contributed by atoms with van der Waals surface area (Å²) in [6.45, 7) is 5.98. The van der Waals surface area contributed by atoms with Gasteiger partial charge in [-0.1, -0.05) is 17.7 Å². The van der Waals surface area contributed by atoms with Gasteiger partial charge in [-0.05, 0) is 85.7 Å². The van der Waals surface area contributed by atoms with Crippen molar-refractivity contribution in [2.75, 3.05) is 25.2 Å². The molecule has 1 aliphatic heterocycles. The molecular formula is C29H30ClN5O2S.